The Bertz CT molecular complexity index is 302. The zero-order chi connectivity index (χ0) is 10.6. The summed E-state index contributed by atoms with van der Waals surface area (Å²) in [5, 5.41) is 0. The fourth-order valence-corrected chi connectivity index (χ4v) is 1.26. The normalized spacial score (nSPS) is 26.1. The topological polar surface area (TPSA) is 35.5 Å². The van der Waals surface area contributed by atoms with E-state index in [1.54, 1.807) is 31.2 Å². The van der Waals surface area contributed by atoms with E-state index in [1.165, 1.54) is 7.11 Å². The molecule has 0 N–H and O–H groups in total. The number of rotatable bonds is 4. The molecule has 1 atom stereocenters. The van der Waals surface area contributed by atoms with Crippen molar-refractivity contribution in [3.63, 3.8) is 0 Å². The minimum Gasteiger partial charge on any atom is -0.344 e. The van der Waals surface area contributed by atoms with Crippen LogP contribution in [0.4, 0.5) is 0 Å². The zero-order valence-electron chi connectivity index (χ0n) is 8.45. The SMILES string of the molecule is C=CCOC1(OC)C=CC=C(C)C1=O. The lowest BCUT2D eigenvalue weighted by atomic mass is 9.99. The number of ether oxygens (including phenoxy) is 2. The molecule has 0 amide bonds. The molecule has 0 saturated heterocycles. The number of allylic oxidation sites excluding steroid dienone is 2. The lowest BCUT2D eigenvalue weighted by Crippen LogP contribution is -2.43. The third-order valence-electron chi connectivity index (χ3n) is 2.06. The van der Waals surface area contributed by atoms with E-state index >= 15 is 0 Å². The van der Waals surface area contributed by atoms with Gasteiger partial charge in [0.25, 0.3) is 5.79 Å². The van der Waals surface area contributed by atoms with Gasteiger partial charge in [-0.1, -0.05) is 18.2 Å². The van der Waals surface area contributed by atoms with Crippen LogP contribution in [0.15, 0.2) is 36.5 Å². The summed E-state index contributed by atoms with van der Waals surface area (Å²) in [6, 6.07) is 0. The Morgan fingerprint density at radius 3 is 2.93 bits per heavy atom. The van der Waals surface area contributed by atoms with E-state index in [2.05, 4.69) is 6.58 Å². The molecule has 14 heavy (non-hydrogen) atoms. The van der Waals surface area contributed by atoms with Gasteiger partial charge in [0.2, 0.25) is 5.78 Å². The minimum atomic E-state index is -1.26. The summed E-state index contributed by atoms with van der Waals surface area (Å²) in [7, 11) is 1.45. The van der Waals surface area contributed by atoms with Crippen molar-refractivity contribution in [3.8, 4) is 0 Å². The first-order valence-corrected chi connectivity index (χ1v) is 4.37. The molecule has 0 saturated carbocycles. The number of ketones is 1. The predicted octanol–water partition coefficient (Wildman–Crippen LogP) is 1.62. The average molecular weight is 194 g/mol. The highest BCUT2D eigenvalue weighted by Gasteiger charge is 2.38. The monoisotopic (exact) mass is 194 g/mol. The number of hydrogen-bond donors (Lipinski definition) is 0. The van der Waals surface area contributed by atoms with Crippen molar-refractivity contribution in [1.82, 2.24) is 0 Å². The molecule has 3 nitrogen and oxygen atoms in total. The highest BCUT2D eigenvalue weighted by atomic mass is 16.7. The van der Waals surface area contributed by atoms with Gasteiger partial charge in [0.15, 0.2) is 0 Å². The Morgan fingerprint density at radius 1 is 1.64 bits per heavy atom. The second-order valence-electron chi connectivity index (χ2n) is 3.01. The molecular weight excluding hydrogens is 180 g/mol. The number of Topliss-reactive ketones (excluding diaryl/α,β-unsaturated/α-hetero) is 1. The molecule has 3 heteroatoms. The third kappa shape index (κ3) is 1.84. The van der Waals surface area contributed by atoms with Gasteiger partial charge in [-0.15, -0.1) is 6.58 Å². The van der Waals surface area contributed by atoms with Crippen LogP contribution in [-0.4, -0.2) is 25.3 Å². The first-order chi connectivity index (χ1) is 6.66. The van der Waals surface area contributed by atoms with Crippen LogP contribution in [0.1, 0.15) is 6.92 Å². The smallest absolute Gasteiger partial charge is 0.254 e. The summed E-state index contributed by atoms with van der Waals surface area (Å²) in [5.74, 6) is -1.42. The van der Waals surface area contributed by atoms with Gasteiger partial charge >= 0.3 is 0 Å². The highest BCUT2D eigenvalue weighted by Crippen LogP contribution is 2.23. The summed E-state index contributed by atoms with van der Waals surface area (Å²) >= 11 is 0. The summed E-state index contributed by atoms with van der Waals surface area (Å²) in [6.07, 6.45) is 6.67. The van der Waals surface area contributed by atoms with Gasteiger partial charge in [0.05, 0.1) is 6.61 Å². The summed E-state index contributed by atoms with van der Waals surface area (Å²) in [4.78, 5) is 11.8. The molecule has 1 aliphatic carbocycles. The number of carbonyl (C=O) groups excluding carboxylic acids is 1. The lowest BCUT2D eigenvalue weighted by molar-refractivity contribution is -0.188. The fourth-order valence-electron chi connectivity index (χ4n) is 1.26. The molecule has 1 rings (SSSR count). The van der Waals surface area contributed by atoms with Crippen molar-refractivity contribution in [2.75, 3.05) is 13.7 Å². The molecular formula is C11H14O3. The molecule has 0 heterocycles. The Labute approximate surface area is 83.7 Å². The predicted molar refractivity (Wildman–Crippen MR) is 53.8 cm³/mol. The third-order valence-corrected chi connectivity index (χ3v) is 2.06. The van der Waals surface area contributed by atoms with Crippen LogP contribution in [0.25, 0.3) is 0 Å². The maximum Gasteiger partial charge on any atom is 0.254 e. The van der Waals surface area contributed by atoms with E-state index in [-0.39, 0.29) is 12.4 Å². The number of hydrogen-bond acceptors (Lipinski definition) is 3. The van der Waals surface area contributed by atoms with Crippen LogP contribution in [0.2, 0.25) is 0 Å². The Balaban J connectivity index is 2.89. The molecule has 0 aromatic rings. The fraction of sp³-hybridized carbons (Fsp3) is 0.364. The van der Waals surface area contributed by atoms with E-state index in [9.17, 15) is 4.79 Å². The quantitative estimate of drug-likeness (QED) is 0.504. The molecule has 0 aliphatic heterocycles. The van der Waals surface area contributed by atoms with Crippen LogP contribution in [-0.2, 0) is 14.3 Å². The molecule has 0 spiro atoms. The van der Waals surface area contributed by atoms with Crippen LogP contribution in [0.5, 0.6) is 0 Å². The first-order valence-electron chi connectivity index (χ1n) is 4.37. The summed E-state index contributed by atoms with van der Waals surface area (Å²) < 4.78 is 10.5. The highest BCUT2D eigenvalue weighted by molar-refractivity contribution is 6.03. The van der Waals surface area contributed by atoms with Crippen LogP contribution in [0, 0.1) is 0 Å². The molecule has 0 fully saturated rings. The van der Waals surface area contributed by atoms with Gasteiger partial charge in [-0.05, 0) is 18.6 Å². The largest absolute Gasteiger partial charge is 0.344 e. The molecule has 0 aromatic carbocycles. The summed E-state index contributed by atoms with van der Waals surface area (Å²) in [6.45, 7) is 5.53. The molecule has 0 aromatic heterocycles. The van der Waals surface area contributed by atoms with Gasteiger partial charge in [-0.3, -0.25) is 4.79 Å². The van der Waals surface area contributed by atoms with Crippen molar-refractivity contribution in [3.05, 3.63) is 36.5 Å². The van der Waals surface area contributed by atoms with Crippen LogP contribution >= 0.6 is 0 Å². The van der Waals surface area contributed by atoms with E-state index in [4.69, 9.17) is 9.47 Å². The summed E-state index contributed by atoms with van der Waals surface area (Å²) in [5.41, 5.74) is 0.624. The lowest BCUT2D eigenvalue weighted by Gasteiger charge is -2.29. The van der Waals surface area contributed by atoms with Gasteiger partial charge in [0.1, 0.15) is 0 Å². The molecule has 0 radical (unpaired) electrons. The Morgan fingerprint density at radius 2 is 2.36 bits per heavy atom. The molecule has 76 valence electrons. The van der Waals surface area contributed by atoms with E-state index in [0.717, 1.165) is 0 Å². The van der Waals surface area contributed by atoms with Gasteiger partial charge in [-0.2, -0.15) is 0 Å². The first kappa shape index (κ1) is 10.9. The second kappa shape index (κ2) is 4.35. The van der Waals surface area contributed by atoms with Crippen molar-refractivity contribution in [2.45, 2.75) is 12.7 Å². The van der Waals surface area contributed by atoms with Crippen molar-refractivity contribution >= 4 is 5.78 Å². The van der Waals surface area contributed by atoms with Crippen molar-refractivity contribution in [2.24, 2.45) is 0 Å². The average Bonchev–Trinajstić information content (AvgIpc) is 2.21. The molecule has 0 bridgehead atoms. The van der Waals surface area contributed by atoms with Crippen LogP contribution in [0.3, 0.4) is 0 Å². The van der Waals surface area contributed by atoms with Gasteiger partial charge in [0, 0.05) is 7.11 Å². The molecule has 1 unspecified atom stereocenters. The van der Waals surface area contributed by atoms with E-state index in [1.807, 2.05) is 0 Å². The maximum absolute atomic E-state index is 11.8. The van der Waals surface area contributed by atoms with E-state index in [0.29, 0.717) is 5.57 Å². The standard InChI is InChI=1S/C11H14O3/c1-4-8-14-11(13-3)7-5-6-9(2)10(11)12/h4-7H,1,8H2,2-3H3. The van der Waals surface area contributed by atoms with Gasteiger partial charge in [-0.25, -0.2) is 0 Å². The number of carbonyl (C=O) groups is 1. The van der Waals surface area contributed by atoms with Crippen molar-refractivity contribution in [1.29, 1.82) is 0 Å². The van der Waals surface area contributed by atoms with Gasteiger partial charge < -0.3 is 9.47 Å². The minimum absolute atomic E-state index is 0.163. The Hall–Kier alpha value is -1.19. The zero-order valence-corrected chi connectivity index (χ0v) is 8.45. The van der Waals surface area contributed by atoms with E-state index < -0.39 is 5.79 Å². The van der Waals surface area contributed by atoms with Crippen molar-refractivity contribution < 1.29 is 14.3 Å². The number of methoxy groups -OCH3 is 1. The second-order valence-corrected chi connectivity index (χ2v) is 3.01. The van der Waals surface area contributed by atoms with Crippen LogP contribution < -0.4 is 0 Å². The maximum atomic E-state index is 11.8. The molecule has 1 aliphatic rings. The Kier molecular flexibility index (Phi) is 3.38.